The van der Waals surface area contributed by atoms with Crippen LogP contribution in [0.5, 0.6) is 0 Å². The molecule has 29 heavy (non-hydrogen) atoms. The van der Waals surface area contributed by atoms with E-state index in [1.54, 1.807) is 0 Å². The highest BCUT2D eigenvalue weighted by atomic mass is 35.5. The van der Waals surface area contributed by atoms with Gasteiger partial charge in [0, 0.05) is 24.4 Å². The summed E-state index contributed by atoms with van der Waals surface area (Å²) in [6.45, 7) is 1.42. The van der Waals surface area contributed by atoms with Crippen LogP contribution in [0.1, 0.15) is 17.3 Å². The number of halogens is 4. The molecule has 11 heteroatoms. The van der Waals surface area contributed by atoms with Crippen LogP contribution in [0.25, 0.3) is 16.6 Å². The van der Waals surface area contributed by atoms with Crippen molar-refractivity contribution in [2.75, 3.05) is 6.61 Å². The quantitative estimate of drug-likeness (QED) is 0.355. The molecular weight excluding hydrogens is 417 g/mol. The molecule has 7 nitrogen and oxygen atoms in total. The third kappa shape index (κ3) is 3.54. The molecule has 0 spiro atoms. The van der Waals surface area contributed by atoms with Crippen molar-refractivity contribution in [3.05, 3.63) is 78.8 Å². The van der Waals surface area contributed by atoms with Crippen molar-refractivity contribution in [3.8, 4) is 5.69 Å². The maximum absolute atomic E-state index is 13.8. The summed E-state index contributed by atoms with van der Waals surface area (Å²) >= 11 is 6.00. The molecule has 0 aliphatic heterocycles. The van der Waals surface area contributed by atoms with E-state index in [1.807, 2.05) is 0 Å². The number of esters is 1. The van der Waals surface area contributed by atoms with Crippen molar-refractivity contribution in [3.63, 3.8) is 0 Å². The van der Waals surface area contributed by atoms with Crippen LogP contribution in [0.15, 0.2) is 35.3 Å². The Morgan fingerprint density at radius 2 is 1.83 bits per heavy atom. The minimum Gasteiger partial charge on any atom is -0.462 e. The lowest BCUT2D eigenvalue weighted by molar-refractivity contribution is -0.387. The third-order valence-corrected chi connectivity index (χ3v) is 4.32. The molecule has 0 atom stereocenters. The summed E-state index contributed by atoms with van der Waals surface area (Å²) < 4.78 is 47.2. The Bertz CT molecular complexity index is 1240. The maximum Gasteiger partial charge on any atom is 0.343 e. The Balaban J connectivity index is 2.47. The van der Waals surface area contributed by atoms with Gasteiger partial charge in [-0.15, -0.1) is 0 Å². The molecular formula is C18H10ClF3N2O5. The van der Waals surface area contributed by atoms with Gasteiger partial charge in [0.25, 0.3) is 0 Å². The Hall–Kier alpha value is -3.40. The van der Waals surface area contributed by atoms with E-state index in [9.17, 15) is 32.9 Å². The van der Waals surface area contributed by atoms with Gasteiger partial charge >= 0.3 is 11.7 Å². The first-order valence-electron chi connectivity index (χ1n) is 8.01. The number of carbonyl (C=O) groups excluding carboxylic acids is 1. The van der Waals surface area contributed by atoms with Crippen LogP contribution in [-0.4, -0.2) is 22.1 Å². The molecule has 3 aromatic rings. The molecule has 0 saturated heterocycles. The highest BCUT2D eigenvalue weighted by Crippen LogP contribution is 2.31. The summed E-state index contributed by atoms with van der Waals surface area (Å²) in [6.07, 6.45) is 0.919. The number of benzene rings is 2. The first-order valence-corrected chi connectivity index (χ1v) is 8.38. The highest BCUT2D eigenvalue weighted by Gasteiger charge is 2.23. The first-order chi connectivity index (χ1) is 13.6. The van der Waals surface area contributed by atoms with Crippen molar-refractivity contribution in [2.45, 2.75) is 6.92 Å². The third-order valence-electron chi connectivity index (χ3n) is 4.01. The zero-order chi connectivity index (χ0) is 21.5. The molecule has 0 amide bonds. The molecule has 3 rings (SSSR count). The van der Waals surface area contributed by atoms with E-state index < -0.39 is 50.4 Å². The van der Waals surface area contributed by atoms with Gasteiger partial charge in [-0.2, -0.15) is 4.39 Å². The topological polar surface area (TPSA) is 91.4 Å². The van der Waals surface area contributed by atoms with Gasteiger partial charge in [-0.05, 0) is 13.0 Å². The molecule has 0 aliphatic carbocycles. The van der Waals surface area contributed by atoms with Crippen LogP contribution in [-0.2, 0) is 4.74 Å². The predicted molar refractivity (Wildman–Crippen MR) is 97.0 cm³/mol. The van der Waals surface area contributed by atoms with Gasteiger partial charge in [0.05, 0.1) is 33.1 Å². The van der Waals surface area contributed by atoms with Crippen LogP contribution < -0.4 is 5.43 Å². The maximum atomic E-state index is 13.8. The van der Waals surface area contributed by atoms with Crippen LogP contribution in [0.4, 0.5) is 18.9 Å². The van der Waals surface area contributed by atoms with Crippen molar-refractivity contribution < 1.29 is 27.6 Å². The number of ether oxygens (including phenoxy) is 1. The van der Waals surface area contributed by atoms with Crippen LogP contribution in [0.2, 0.25) is 5.02 Å². The Labute approximate surface area is 165 Å². The van der Waals surface area contributed by atoms with Gasteiger partial charge in [0.2, 0.25) is 11.2 Å². The number of rotatable bonds is 4. The fraction of sp³-hybridized carbons (Fsp3) is 0.111. The molecule has 1 aromatic heterocycles. The number of nitro benzene ring substituents is 1. The van der Waals surface area contributed by atoms with E-state index in [0.29, 0.717) is 18.2 Å². The first kappa shape index (κ1) is 20.3. The van der Waals surface area contributed by atoms with Crippen LogP contribution >= 0.6 is 11.6 Å². The zero-order valence-electron chi connectivity index (χ0n) is 14.5. The minimum atomic E-state index is -1.35. The monoisotopic (exact) mass is 426 g/mol. The lowest BCUT2D eigenvalue weighted by atomic mass is 10.1. The molecule has 0 unspecified atom stereocenters. The number of aromatic nitrogens is 1. The Morgan fingerprint density at radius 3 is 2.45 bits per heavy atom. The van der Waals surface area contributed by atoms with Crippen LogP contribution in [0, 0.1) is 27.6 Å². The second-order valence-corrected chi connectivity index (χ2v) is 6.17. The average Bonchev–Trinajstić information content (AvgIpc) is 2.64. The van der Waals surface area contributed by atoms with Gasteiger partial charge < -0.3 is 9.30 Å². The van der Waals surface area contributed by atoms with Crippen molar-refractivity contribution in [1.29, 1.82) is 0 Å². The van der Waals surface area contributed by atoms with Crippen molar-refractivity contribution in [2.24, 2.45) is 0 Å². The van der Waals surface area contributed by atoms with E-state index in [1.165, 1.54) is 6.92 Å². The van der Waals surface area contributed by atoms with Gasteiger partial charge in [0.1, 0.15) is 5.56 Å². The predicted octanol–water partition coefficient (Wildman–Crippen LogP) is 4.15. The van der Waals surface area contributed by atoms with Gasteiger partial charge in [0.15, 0.2) is 11.6 Å². The Morgan fingerprint density at radius 1 is 1.17 bits per heavy atom. The molecule has 0 fully saturated rings. The summed E-state index contributed by atoms with van der Waals surface area (Å²) in [6, 6.07) is 2.64. The van der Waals surface area contributed by atoms with E-state index in [4.69, 9.17) is 16.3 Å². The number of fused-ring (bicyclic) bond motifs is 1. The van der Waals surface area contributed by atoms with E-state index in [2.05, 4.69) is 0 Å². The van der Waals surface area contributed by atoms with Crippen LogP contribution in [0.3, 0.4) is 0 Å². The average molecular weight is 427 g/mol. The second kappa shape index (κ2) is 7.55. The smallest absolute Gasteiger partial charge is 0.343 e. The number of nitrogens with zero attached hydrogens (tertiary/aromatic N) is 2. The largest absolute Gasteiger partial charge is 0.462 e. The van der Waals surface area contributed by atoms with Crippen molar-refractivity contribution in [1.82, 2.24) is 4.57 Å². The van der Waals surface area contributed by atoms with Gasteiger partial charge in [-0.1, -0.05) is 11.6 Å². The number of nitro groups is 1. The lowest BCUT2D eigenvalue weighted by Crippen LogP contribution is -2.21. The molecule has 0 N–H and O–H groups in total. The van der Waals surface area contributed by atoms with Gasteiger partial charge in [-0.3, -0.25) is 14.9 Å². The zero-order valence-corrected chi connectivity index (χ0v) is 15.3. The highest BCUT2D eigenvalue weighted by molar-refractivity contribution is 6.32. The molecule has 1 heterocycles. The molecule has 2 aromatic carbocycles. The number of hydrogen-bond donors (Lipinski definition) is 0. The fourth-order valence-corrected chi connectivity index (χ4v) is 2.97. The van der Waals surface area contributed by atoms with Crippen molar-refractivity contribution >= 4 is 34.2 Å². The summed E-state index contributed by atoms with van der Waals surface area (Å²) in [4.78, 5) is 34.8. The van der Waals surface area contributed by atoms with E-state index >= 15 is 0 Å². The standard InChI is InChI=1S/C18H10ClF3N2O5/c1-2-29-18(26)9-7-23(14-5-12(21)11(20)3-8(14)17(9)25)15-6-16(24(27)28)13(22)4-10(15)19/h3-7H,2H2,1H3. The Kier molecular flexibility index (Phi) is 5.29. The fourth-order valence-electron chi connectivity index (χ4n) is 2.72. The molecule has 0 aliphatic rings. The summed E-state index contributed by atoms with van der Waals surface area (Å²) in [5.74, 6) is -4.94. The number of pyridine rings is 1. The van der Waals surface area contributed by atoms with E-state index in [0.717, 1.165) is 16.8 Å². The van der Waals surface area contributed by atoms with E-state index in [-0.39, 0.29) is 22.8 Å². The minimum absolute atomic E-state index is 0.0726. The molecule has 0 radical (unpaired) electrons. The second-order valence-electron chi connectivity index (χ2n) is 5.76. The number of hydrogen-bond acceptors (Lipinski definition) is 5. The normalized spacial score (nSPS) is 10.9. The van der Waals surface area contributed by atoms with Gasteiger partial charge in [-0.25, -0.2) is 13.6 Å². The summed E-state index contributed by atoms with van der Waals surface area (Å²) in [5.41, 5.74) is -2.92. The molecule has 0 saturated carbocycles. The molecule has 150 valence electrons. The summed E-state index contributed by atoms with van der Waals surface area (Å²) in [7, 11) is 0. The number of carbonyl (C=O) groups is 1. The summed E-state index contributed by atoms with van der Waals surface area (Å²) in [5, 5.41) is 10.3. The molecule has 0 bridgehead atoms. The SMILES string of the molecule is CCOC(=O)c1cn(-c2cc([N+](=O)[O-])c(F)cc2Cl)c2cc(F)c(F)cc2c1=O. The lowest BCUT2D eigenvalue weighted by Gasteiger charge is -2.15.